The molecule has 0 bridgehead atoms. The third-order valence-electron chi connectivity index (χ3n) is 3.35. The summed E-state index contributed by atoms with van der Waals surface area (Å²) in [6, 6.07) is 13.0. The Hall–Kier alpha value is -3.08. The second-order valence-corrected chi connectivity index (χ2v) is 5.28. The predicted molar refractivity (Wildman–Crippen MR) is 89.4 cm³/mol. The van der Waals surface area contributed by atoms with Crippen LogP contribution in [0.25, 0.3) is 6.08 Å². The van der Waals surface area contributed by atoms with Crippen molar-refractivity contribution in [3.05, 3.63) is 59.7 Å². The van der Waals surface area contributed by atoms with Gasteiger partial charge >= 0.3 is 0 Å². The summed E-state index contributed by atoms with van der Waals surface area (Å²) >= 11 is 0. The summed E-state index contributed by atoms with van der Waals surface area (Å²) in [5, 5.41) is 5.46. The van der Waals surface area contributed by atoms with Gasteiger partial charge in [-0.25, -0.2) is 0 Å². The number of carbonyl (C=O) groups excluding carboxylic acids is 2. The van der Waals surface area contributed by atoms with E-state index in [4.69, 9.17) is 4.74 Å². The lowest BCUT2D eigenvalue weighted by Gasteiger charge is -2.18. The third-order valence-corrected chi connectivity index (χ3v) is 3.35. The van der Waals surface area contributed by atoms with Crippen LogP contribution in [-0.2, 0) is 9.59 Å². The molecule has 0 saturated carbocycles. The van der Waals surface area contributed by atoms with Crippen LogP contribution < -0.4 is 15.4 Å². The number of fused-ring (bicyclic) bond motifs is 1. The molecule has 23 heavy (non-hydrogen) atoms. The zero-order valence-electron chi connectivity index (χ0n) is 12.6. The minimum Gasteiger partial charge on any atom is -0.482 e. The van der Waals surface area contributed by atoms with Gasteiger partial charge < -0.3 is 15.4 Å². The van der Waals surface area contributed by atoms with E-state index in [-0.39, 0.29) is 18.4 Å². The lowest BCUT2D eigenvalue weighted by molar-refractivity contribution is -0.118. The van der Waals surface area contributed by atoms with Crippen LogP contribution in [0.1, 0.15) is 11.1 Å². The van der Waals surface area contributed by atoms with E-state index in [0.29, 0.717) is 17.1 Å². The maximum absolute atomic E-state index is 12.0. The van der Waals surface area contributed by atoms with Crippen LogP contribution in [0.3, 0.4) is 0 Å². The number of hydrogen-bond acceptors (Lipinski definition) is 3. The summed E-state index contributed by atoms with van der Waals surface area (Å²) in [6.07, 6.45) is 3.23. The molecule has 2 amide bonds. The molecular weight excluding hydrogens is 292 g/mol. The summed E-state index contributed by atoms with van der Waals surface area (Å²) in [5.41, 5.74) is 3.25. The Morgan fingerprint density at radius 1 is 1.26 bits per heavy atom. The Balaban J connectivity index is 1.68. The van der Waals surface area contributed by atoms with Gasteiger partial charge in [0.1, 0.15) is 5.75 Å². The smallest absolute Gasteiger partial charge is 0.262 e. The fourth-order valence-electron chi connectivity index (χ4n) is 2.29. The molecule has 2 aromatic rings. The van der Waals surface area contributed by atoms with Crippen LogP contribution in [-0.4, -0.2) is 18.4 Å². The van der Waals surface area contributed by atoms with Crippen LogP contribution in [0.15, 0.2) is 48.5 Å². The number of rotatable bonds is 3. The minimum absolute atomic E-state index is 0.0118. The lowest BCUT2D eigenvalue weighted by atomic mass is 10.1. The van der Waals surface area contributed by atoms with Crippen molar-refractivity contribution in [2.45, 2.75) is 6.92 Å². The second-order valence-electron chi connectivity index (χ2n) is 5.28. The van der Waals surface area contributed by atoms with Gasteiger partial charge in [-0.3, -0.25) is 9.59 Å². The molecule has 0 radical (unpaired) electrons. The van der Waals surface area contributed by atoms with E-state index in [1.807, 2.05) is 31.2 Å². The zero-order chi connectivity index (χ0) is 16.2. The first-order chi connectivity index (χ1) is 11.1. The van der Waals surface area contributed by atoms with E-state index in [1.165, 1.54) is 6.08 Å². The molecule has 1 aliphatic rings. The number of benzene rings is 2. The molecule has 0 spiro atoms. The monoisotopic (exact) mass is 308 g/mol. The van der Waals surface area contributed by atoms with Crippen LogP contribution in [0.5, 0.6) is 5.75 Å². The van der Waals surface area contributed by atoms with Crippen molar-refractivity contribution in [1.29, 1.82) is 0 Å². The standard InChI is InChI=1S/C18H16N2O3/c1-12-3-2-4-13(9-12)5-8-17(21)19-14-6-7-16-15(10-14)20-18(22)11-23-16/h2-10H,11H2,1H3,(H,19,21)(H,20,22)/b8-5+. The van der Waals surface area contributed by atoms with Gasteiger partial charge in [0.25, 0.3) is 5.91 Å². The highest BCUT2D eigenvalue weighted by Crippen LogP contribution is 2.30. The van der Waals surface area contributed by atoms with Crippen molar-refractivity contribution in [3.8, 4) is 5.75 Å². The van der Waals surface area contributed by atoms with Crippen LogP contribution in [0.4, 0.5) is 11.4 Å². The second kappa shape index (κ2) is 6.36. The number of amides is 2. The Morgan fingerprint density at radius 3 is 2.96 bits per heavy atom. The summed E-state index contributed by atoms with van der Waals surface area (Å²) in [5.74, 6) is 0.146. The molecule has 0 aliphatic carbocycles. The summed E-state index contributed by atoms with van der Waals surface area (Å²) in [6.45, 7) is 2.01. The van der Waals surface area contributed by atoms with Crippen molar-refractivity contribution in [3.63, 3.8) is 0 Å². The Bertz CT molecular complexity index is 797. The molecule has 116 valence electrons. The van der Waals surface area contributed by atoms with Gasteiger partial charge in [0.05, 0.1) is 5.69 Å². The van der Waals surface area contributed by atoms with Crippen LogP contribution in [0, 0.1) is 6.92 Å². The first-order valence-electron chi connectivity index (χ1n) is 7.22. The van der Waals surface area contributed by atoms with Gasteiger partial charge in [-0.1, -0.05) is 29.8 Å². The number of carbonyl (C=O) groups is 2. The SMILES string of the molecule is Cc1cccc(/C=C/C(=O)Nc2ccc3c(c2)NC(=O)CO3)c1. The first kappa shape index (κ1) is 14.8. The maximum atomic E-state index is 12.0. The summed E-state index contributed by atoms with van der Waals surface area (Å²) in [7, 11) is 0. The minimum atomic E-state index is -0.241. The van der Waals surface area contributed by atoms with Gasteiger partial charge in [0.15, 0.2) is 6.61 Å². The molecular formula is C18H16N2O3. The van der Waals surface area contributed by atoms with E-state index in [0.717, 1.165) is 11.1 Å². The van der Waals surface area contributed by atoms with Gasteiger partial charge in [-0.15, -0.1) is 0 Å². The van der Waals surface area contributed by atoms with E-state index in [9.17, 15) is 9.59 Å². The predicted octanol–water partition coefficient (Wildman–Crippen LogP) is 2.98. The van der Waals surface area contributed by atoms with Gasteiger partial charge in [-0.2, -0.15) is 0 Å². The summed E-state index contributed by atoms with van der Waals surface area (Å²) < 4.78 is 5.27. The highest BCUT2D eigenvalue weighted by molar-refractivity contribution is 6.03. The number of nitrogens with one attached hydrogen (secondary N) is 2. The Morgan fingerprint density at radius 2 is 2.13 bits per heavy atom. The van der Waals surface area contributed by atoms with E-state index in [2.05, 4.69) is 10.6 Å². The van der Waals surface area contributed by atoms with Crippen LogP contribution >= 0.6 is 0 Å². The molecule has 0 atom stereocenters. The van der Waals surface area contributed by atoms with Crippen molar-refractivity contribution < 1.29 is 14.3 Å². The number of anilines is 2. The molecule has 0 saturated heterocycles. The maximum Gasteiger partial charge on any atom is 0.262 e. The fourth-order valence-corrected chi connectivity index (χ4v) is 2.29. The average Bonchev–Trinajstić information content (AvgIpc) is 2.53. The molecule has 1 aliphatic heterocycles. The van der Waals surface area contributed by atoms with E-state index >= 15 is 0 Å². The molecule has 0 unspecified atom stereocenters. The fraction of sp³-hybridized carbons (Fsp3) is 0.111. The molecule has 5 nitrogen and oxygen atoms in total. The molecule has 2 N–H and O–H groups in total. The Kier molecular flexibility index (Phi) is 4.10. The number of hydrogen-bond donors (Lipinski definition) is 2. The third kappa shape index (κ3) is 3.77. The van der Waals surface area contributed by atoms with Crippen molar-refractivity contribution in [1.82, 2.24) is 0 Å². The zero-order valence-corrected chi connectivity index (χ0v) is 12.6. The first-order valence-corrected chi connectivity index (χ1v) is 7.22. The largest absolute Gasteiger partial charge is 0.482 e. The quantitative estimate of drug-likeness (QED) is 0.857. The van der Waals surface area contributed by atoms with Gasteiger partial charge in [-0.05, 0) is 36.8 Å². The van der Waals surface area contributed by atoms with Crippen LogP contribution in [0.2, 0.25) is 0 Å². The molecule has 1 heterocycles. The van der Waals surface area contributed by atoms with Gasteiger partial charge in [0, 0.05) is 11.8 Å². The average molecular weight is 308 g/mol. The summed E-state index contributed by atoms with van der Waals surface area (Å²) in [4.78, 5) is 23.3. The van der Waals surface area contributed by atoms with Crippen molar-refractivity contribution >= 4 is 29.3 Å². The van der Waals surface area contributed by atoms with Crippen molar-refractivity contribution in [2.75, 3.05) is 17.2 Å². The number of aryl methyl sites for hydroxylation is 1. The number of ether oxygens (including phenoxy) is 1. The lowest BCUT2D eigenvalue weighted by Crippen LogP contribution is -2.25. The highest BCUT2D eigenvalue weighted by Gasteiger charge is 2.16. The highest BCUT2D eigenvalue weighted by atomic mass is 16.5. The molecule has 2 aromatic carbocycles. The molecule has 0 aromatic heterocycles. The van der Waals surface area contributed by atoms with E-state index < -0.39 is 0 Å². The topological polar surface area (TPSA) is 67.4 Å². The molecule has 3 rings (SSSR count). The Labute approximate surface area is 134 Å². The van der Waals surface area contributed by atoms with Crippen molar-refractivity contribution in [2.24, 2.45) is 0 Å². The normalized spacial score (nSPS) is 13.2. The molecule has 0 fully saturated rings. The molecule has 5 heteroatoms. The van der Waals surface area contributed by atoms with Gasteiger partial charge in [0.2, 0.25) is 5.91 Å². The van der Waals surface area contributed by atoms with E-state index in [1.54, 1.807) is 24.3 Å².